The Morgan fingerprint density at radius 2 is 2.33 bits per heavy atom. The van der Waals surface area contributed by atoms with Gasteiger partial charge in [0.05, 0.1) is 5.69 Å². The second kappa shape index (κ2) is 4.23. The van der Waals surface area contributed by atoms with Crippen LogP contribution in [0, 0.1) is 6.92 Å². The molecule has 2 rings (SSSR count). The molecule has 0 saturated carbocycles. The zero-order valence-corrected chi connectivity index (χ0v) is 9.79. The van der Waals surface area contributed by atoms with Gasteiger partial charge in [-0.05, 0) is 24.6 Å². The fourth-order valence-electron chi connectivity index (χ4n) is 1.58. The van der Waals surface area contributed by atoms with Crippen LogP contribution < -0.4 is 9.64 Å². The maximum atomic E-state index is 11.6. The number of halogens is 1. The van der Waals surface area contributed by atoms with E-state index in [1.165, 1.54) is 0 Å². The number of nitrogens with zero attached hydrogens (tertiary/aromatic N) is 1. The molecule has 3 nitrogen and oxygen atoms in total. The molecule has 0 saturated heterocycles. The fraction of sp³-hybridized carbons (Fsp3) is 0.273. The lowest BCUT2D eigenvalue weighted by atomic mass is 10.2. The van der Waals surface area contributed by atoms with Crippen molar-refractivity contribution in [3.63, 3.8) is 0 Å². The molecule has 0 unspecified atom stereocenters. The van der Waals surface area contributed by atoms with Crippen LogP contribution in [0.2, 0.25) is 0 Å². The van der Waals surface area contributed by atoms with Gasteiger partial charge in [0.1, 0.15) is 5.75 Å². The van der Waals surface area contributed by atoms with Crippen LogP contribution in [-0.4, -0.2) is 19.1 Å². The number of benzene rings is 1. The van der Waals surface area contributed by atoms with Crippen molar-refractivity contribution >= 4 is 27.5 Å². The zero-order valence-electron chi connectivity index (χ0n) is 8.20. The lowest BCUT2D eigenvalue weighted by Gasteiger charge is -2.29. The van der Waals surface area contributed by atoms with Crippen LogP contribution >= 0.6 is 15.9 Å². The zero-order chi connectivity index (χ0) is 10.8. The third-order valence-electron chi connectivity index (χ3n) is 2.25. The van der Waals surface area contributed by atoms with Crippen molar-refractivity contribution in [3.8, 4) is 5.75 Å². The minimum Gasteiger partial charge on any atom is -0.482 e. The molecule has 0 atom stereocenters. The van der Waals surface area contributed by atoms with Crippen molar-refractivity contribution in [1.29, 1.82) is 0 Å². The third-order valence-corrected chi connectivity index (χ3v) is 2.74. The first-order valence-electron chi connectivity index (χ1n) is 4.74. The van der Waals surface area contributed by atoms with Crippen molar-refractivity contribution < 1.29 is 9.53 Å². The third kappa shape index (κ3) is 2.00. The van der Waals surface area contributed by atoms with Crippen molar-refractivity contribution in [1.82, 2.24) is 0 Å². The molecule has 0 fully saturated rings. The van der Waals surface area contributed by atoms with Crippen LogP contribution in [0.5, 0.6) is 5.75 Å². The van der Waals surface area contributed by atoms with Gasteiger partial charge in [0, 0.05) is 11.0 Å². The fourth-order valence-corrected chi connectivity index (χ4v) is 1.92. The van der Waals surface area contributed by atoms with E-state index in [4.69, 9.17) is 4.74 Å². The number of rotatable bonds is 2. The average Bonchev–Trinajstić information content (AvgIpc) is 2.22. The summed E-state index contributed by atoms with van der Waals surface area (Å²) < 4.78 is 6.30. The number of carbonyl (C=O) groups excluding carboxylic acids is 1. The number of ether oxygens (including phenoxy) is 1. The number of anilines is 1. The van der Waals surface area contributed by atoms with E-state index in [1.807, 2.05) is 18.2 Å². The minimum atomic E-state index is -0.00604. The summed E-state index contributed by atoms with van der Waals surface area (Å²) in [7, 11) is 0. The molecule has 15 heavy (non-hydrogen) atoms. The van der Waals surface area contributed by atoms with Crippen LogP contribution in [-0.2, 0) is 4.79 Å². The maximum Gasteiger partial charge on any atom is 0.265 e. The molecule has 4 heteroatoms. The second-order valence-corrected chi connectivity index (χ2v) is 4.22. The topological polar surface area (TPSA) is 29.5 Å². The highest BCUT2D eigenvalue weighted by Gasteiger charge is 2.24. The largest absolute Gasteiger partial charge is 0.482 e. The molecule has 1 aromatic rings. The molecular weight excluding hydrogens is 258 g/mol. The van der Waals surface area contributed by atoms with E-state index >= 15 is 0 Å². The Balaban J connectivity index is 2.39. The number of amides is 1. The van der Waals surface area contributed by atoms with Gasteiger partial charge in [0.25, 0.3) is 5.91 Å². The lowest BCUT2D eigenvalue weighted by molar-refractivity contribution is -0.121. The van der Waals surface area contributed by atoms with Gasteiger partial charge in [-0.25, -0.2) is 0 Å². The molecule has 0 spiro atoms. The van der Waals surface area contributed by atoms with Gasteiger partial charge in [-0.1, -0.05) is 22.9 Å². The first-order chi connectivity index (χ1) is 7.22. The highest BCUT2D eigenvalue weighted by molar-refractivity contribution is 9.10. The number of carbonyl (C=O) groups is 1. The summed E-state index contributed by atoms with van der Waals surface area (Å²) in [4.78, 5) is 13.3. The summed E-state index contributed by atoms with van der Waals surface area (Å²) in [6.45, 7) is 4.51. The Morgan fingerprint density at radius 1 is 1.53 bits per heavy atom. The highest BCUT2D eigenvalue weighted by atomic mass is 79.9. The molecule has 1 amide bonds. The number of hydrogen-bond acceptors (Lipinski definition) is 2. The molecule has 1 aliphatic heterocycles. The van der Waals surface area contributed by atoms with Crippen molar-refractivity contribution in [2.24, 2.45) is 0 Å². The summed E-state index contributed by atoms with van der Waals surface area (Å²) in [6, 6.07) is 5.65. The SMILES string of the molecule is [CH2]CCN1C(=O)COc2cc(Br)ccc21. The normalized spacial score (nSPS) is 14.8. The first-order valence-corrected chi connectivity index (χ1v) is 5.53. The van der Waals surface area contributed by atoms with E-state index in [-0.39, 0.29) is 12.5 Å². The number of fused-ring (bicyclic) bond motifs is 1. The predicted octanol–water partition coefficient (Wildman–Crippen LogP) is 2.40. The molecule has 1 aliphatic rings. The van der Waals surface area contributed by atoms with E-state index in [9.17, 15) is 4.79 Å². The van der Waals surface area contributed by atoms with E-state index < -0.39 is 0 Å². The van der Waals surface area contributed by atoms with Crippen LogP contribution in [0.4, 0.5) is 5.69 Å². The molecule has 0 aromatic heterocycles. The average molecular weight is 269 g/mol. The van der Waals surface area contributed by atoms with E-state index in [0.717, 1.165) is 15.9 Å². The van der Waals surface area contributed by atoms with Gasteiger partial charge in [-0.2, -0.15) is 0 Å². The standard InChI is InChI=1S/C11H11BrNO2/c1-2-5-13-9-4-3-8(12)6-10(9)15-7-11(13)14/h3-4,6H,1-2,5,7H2. The lowest BCUT2D eigenvalue weighted by Crippen LogP contribution is -2.39. The van der Waals surface area contributed by atoms with Gasteiger partial charge >= 0.3 is 0 Å². The Bertz CT molecular complexity index is 392. The Labute approximate surface area is 97.2 Å². The molecule has 0 bridgehead atoms. The first kappa shape index (κ1) is 10.5. The van der Waals surface area contributed by atoms with E-state index in [0.29, 0.717) is 13.0 Å². The van der Waals surface area contributed by atoms with E-state index in [2.05, 4.69) is 22.9 Å². The molecular formula is C11H11BrNO2. The summed E-state index contributed by atoms with van der Waals surface area (Å²) >= 11 is 3.37. The quantitative estimate of drug-likeness (QED) is 0.825. The molecule has 1 heterocycles. The van der Waals surface area contributed by atoms with Gasteiger partial charge in [-0.3, -0.25) is 4.79 Å². The monoisotopic (exact) mass is 268 g/mol. The smallest absolute Gasteiger partial charge is 0.265 e. The van der Waals surface area contributed by atoms with Crippen molar-refractivity contribution in [2.45, 2.75) is 6.42 Å². The predicted molar refractivity (Wildman–Crippen MR) is 62.0 cm³/mol. The molecule has 0 N–H and O–H groups in total. The van der Waals surface area contributed by atoms with Crippen molar-refractivity contribution in [3.05, 3.63) is 29.6 Å². The van der Waals surface area contributed by atoms with Gasteiger partial charge in [0.2, 0.25) is 0 Å². The van der Waals surface area contributed by atoms with Gasteiger partial charge in [-0.15, -0.1) is 0 Å². The summed E-state index contributed by atoms with van der Waals surface area (Å²) in [5.41, 5.74) is 0.832. The maximum absolute atomic E-state index is 11.6. The Kier molecular flexibility index (Phi) is 2.95. The summed E-state index contributed by atoms with van der Waals surface area (Å²) in [5.74, 6) is 0.742. The Morgan fingerprint density at radius 3 is 3.07 bits per heavy atom. The van der Waals surface area contributed by atoms with Crippen LogP contribution in [0.15, 0.2) is 22.7 Å². The minimum absolute atomic E-state index is 0.00604. The molecule has 1 aromatic carbocycles. The summed E-state index contributed by atoms with van der Waals surface area (Å²) in [6.07, 6.45) is 0.696. The molecule has 1 radical (unpaired) electrons. The highest BCUT2D eigenvalue weighted by Crippen LogP contribution is 2.34. The van der Waals surface area contributed by atoms with Crippen LogP contribution in [0.1, 0.15) is 6.42 Å². The molecule has 79 valence electrons. The summed E-state index contributed by atoms with van der Waals surface area (Å²) in [5, 5.41) is 0. The second-order valence-electron chi connectivity index (χ2n) is 3.30. The number of hydrogen-bond donors (Lipinski definition) is 0. The van der Waals surface area contributed by atoms with Crippen molar-refractivity contribution in [2.75, 3.05) is 18.1 Å². The van der Waals surface area contributed by atoms with E-state index in [1.54, 1.807) is 4.90 Å². The molecule has 0 aliphatic carbocycles. The van der Waals surface area contributed by atoms with Gasteiger partial charge < -0.3 is 9.64 Å². The van der Waals surface area contributed by atoms with Crippen LogP contribution in [0.25, 0.3) is 0 Å². The van der Waals surface area contributed by atoms with Gasteiger partial charge in [0.15, 0.2) is 6.61 Å². The van der Waals surface area contributed by atoms with Crippen LogP contribution in [0.3, 0.4) is 0 Å². The Hall–Kier alpha value is -1.03.